The number of hydrogen-bond acceptors (Lipinski definition) is 8. The van der Waals surface area contributed by atoms with E-state index in [1.54, 1.807) is 12.3 Å². The first-order valence-corrected chi connectivity index (χ1v) is 12.1. The van der Waals surface area contributed by atoms with E-state index in [4.69, 9.17) is 5.11 Å². The van der Waals surface area contributed by atoms with Crippen molar-refractivity contribution in [2.45, 2.75) is 11.9 Å². The summed E-state index contributed by atoms with van der Waals surface area (Å²) in [6.07, 6.45) is 1.69. The summed E-state index contributed by atoms with van der Waals surface area (Å²) >= 11 is 5.87. The molecular formula is C25H25N5O2S2. The van der Waals surface area contributed by atoms with E-state index < -0.39 is 0 Å². The highest BCUT2D eigenvalue weighted by molar-refractivity contribution is 7.80. The summed E-state index contributed by atoms with van der Waals surface area (Å²) < 4.78 is 0. The van der Waals surface area contributed by atoms with Crippen LogP contribution in [0, 0.1) is 0 Å². The number of hydrogen-bond donors (Lipinski definition) is 5. The molecule has 4 aromatic rings. The average molecular weight is 492 g/mol. The second-order valence-electron chi connectivity index (χ2n) is 7.44. The number of nitrogens with zero attached hydrogens (tertiary/aromatic N) is 2. The number of benzene rings is 2. The number of nitrogens with one attached hydrogen (secondary N) is 3. The molecule has 2 aromatic heterocycles. The van der Waals surface area contributed by atoms with E-state index in [0.29, 0.717) is 23.9 Å². The zero-order chi connectivity index (χ0) is 23.8. The molecule has 0 aliphatic heterocycles. The Balaban J connectivity index is 1.42. The Morgan fingerprint density at radius 1 is 1.06 bits per heavy atom. The summed E-state index contributed by atoms with van der Waals surface area (Å²) in [4.78, 5) is 23.1. The van der Waals surface area contributed by atoms with E-state index in [-0.39, 0.29) is 17.9 Å². The highest BCUT2D eigenvalue weighted by Gasteiger charge is 2.15. The zero-order valence-corrected chi connectivity index (χ0v) is 20.0. The van der Waals surface area contributed by atoms with Crippen molar-refractivity contribution >= 4 is 41.5 Å². The third-order valence-corrected chi connectivity index (χ3v) is 6.46. The minimum absolute atomic E-state index is 0.104. The van der Waals surface area contributed by atoms with Crippen LogP contribution in [0.4, 0.5) is 11.6 Å². The van der Waals surface area contributed by atoms with Gasteiger partial charge in [0.15, 0.2) is 0 Å². The van der Waals surface area contributed by atoms with Gasteiger partial charge in [-0.05, 0) is 41.5 Å². The van der Waals surface area contributed by atoms with Gasteiger partial charge in [0.2, 0.25) is 5.95 Å². The molecule has 2 heterocycles. The number of thiol groups is 1. The third kappa shape index (κ3) is 6.42. The van der Waals surface area contributed by atoms with Gasteiger partial charge in [-0.15, -0.1) is 24.0 Å². The van der Waals surface area contributed by atoms with Crippen LogP contribution in [0.3, 0.4) is 0 Å². The van der Waals surface area contributed by atoms with Crippen molar-refractivity contribution in [3.63, 3.8) is 0 Å². The molecule has 0 bridgehead atoms. The summed E-state index contributed by atoms with van der Waals surface area (Å²) in [5.41, 5.74) is 3.61. The molecule has 174 valence electrons. The summed E-state index contributed by atoms with van der Waals surface area (Å²) in [5, 5.41) is 17.8. The quantitative estimate of drug-likeness (QED) is 0.128. The van der Waals surface area contributed by atoms with E-state index in [0.717, 1.165) is 27.4 Å². The van der Waals surface area contributed by atoms with Gasteiger partial charge >= 0.3 is 0 Å². The topological polar surface area (TPSA) is 99.2 Å². The van der Waals surface area contributed by atoms with Crippen LogP contribution >= 0.6 is 24.0 Å². The van der Waals surface area contributed by atoms with Gasteiger partial charge in [0.1, 0.15) is 0 Å². The van der Waals surface area contributed by atoms with Crippen LogP contribution in [0.5, 0.6) is 0 Å². The fourth-order valence-electron chi connectivity index (χ4n) is 3.27. The fourth-order valence-corrected chi connectivity index (χ4v) is 4.44. The van der Waals surface area contributed by atoms with Crippen LogP contribution in [-0.2, 0) is 6.54 Å². The monoisotopic (exact) mass is 491 g/mol. The van der Waals surface area contributed by atoms with Crippen molar-refractivity contribution in [2.24, 2.45) is 0 Å². The highest BCUT2D eigenvalue weighted by atomic mass is 32.1. The largest absolute Gasteiger partial charge is 0.395 e. The maximum absolute atomic E-state index is 12.7. The lowest BCUT2D eigenvalue weighted by Crippen LogP contribution is -2.24. The number of carbonyl (C=O) groups is 1. The number of aliphatic hydroxyl groups is 1. The number of aliphatic hydroxyl groups excluding tert-OH is 1. The van der Waals surface area contributed by atoms with Crippen molar-refractivity contribution in [1.29, 1.82) is 0 Å². The second-order valence-corrected chi connectivity index (χ2v) is 9.04. The van der Waals surface area contributed by atoms with E-state index in [1.807, 2.05) is 66.7 Å². The molecule has 0 fully saturated rings. The van der Waals surface area contributed by atoms with Gasteiger partial charge in [0.05, 0.1) is 27.4 Å². The number of thiophene rings is 1. The lowest BCUT2D eigenvalue weighted by atomic mass is 10.2. The molecule has 0 spiro atoms. The molecule has 2 aromatic carbocycles. The Labute approximate surface area is 207 Å². The standard InChI is InChI=1S/C25H25N5O2S2/c31-14-13-26-16-17-5-4-8-19(15-17)28-25-27-12-11-20(29-25)21-9-10-22(34-21)23(32)30-24(33)18-6-2-1-3-7-18/h1-12,15,24,26,31,33H,13-14,16H2,(H,30,32)(H,27,28,29)/t24-/m1/s1. The first-order valence-electron chi connectivity index (χ1n) is 10.8. The number of aromatic nitrogens is 2. The Morgan fingerprint density at radius 2 is 1.91 bits per heavy atom. The van der Waals surface area contributed by atoms with Crippen molar-refractivity contribution in [1.82, 2.24) is 20.6 Å². The number of carbonyl (C=O) groups excluding carboxylic acids is 1. The molecule has 0 radical (unpaired) electrons. The smallest absolute Gasteiger partial charge is 0.262 e. The number of amides is 1. The molecule has 9 heteroatoms. The minimum Gasteiger partial charge on any atom is -0.395 e. The van der Waals surface area contributed by atoms with Crippen LogP contribution < -0.4 is 16.0 Å². The van der Waals surface area contributed by atoms with Gasteiger partial charge < -0.3 is 21.1 Å². The summed E-state index contributed by atoms with van der Waals surface area (Å²) in [5.74, 6) is 0.288. The molecule has 1 amide bonds. The SMILES string of the molecule is O=C(N[C@H](S)c1ccccc1)c1ccc(-c2ccnc(Nc3cccc(CNCCO)c3)n2)s1. The van der Waals surface area contributed by atoms with Crippen LogP contribution in [0.25, 0.3) is 10.6 Å². The van der Waals surface area contributed by atoms with Gasteiger partial charge in [-0.3, -0.25) is 4.79 Å². The Morgan fingerprint density at radius 3 is 2.74 bits per heavy atom. The van der Waals surface area contributed by atoms with Crippen molar-refractivity contribution in [3.8, 4) is 10.6 Å². The Hall–Kier alpha value is -3.24. The van der Waals surface area contributed by atoms with E-state index >= 15 is 0 Å². The van der Waals surface area contributed by atoms with E-state index in [9.17, 15) is 4.79 Å². The van der Waals surface area contributed by atoms with E-state index in [2.05, 4.69) is 38.5 Å². The second kappa shape index (κ2) is 11.8. The zero-order valence-electron chi connectivity index (χ0n) is 18.3. The average Bonchev–Trinajstić information content (AvgIpc) is 3.36. The van der Waals surface area contributed by atoms with Crippen LogP contribution in [-0.4, -0.2) is 34.1 Å². The van der Waals surface area contributed by atoms with Gasteiger partial charge in [0.25, 0.3) is 5.91 Å². The molecule has 4 rings (SSSR count). The lowest BCUT2D eigenvalue weighted by molar-refractivity contribution is 0.0954. The first-order chi connectivity index (χ1) is 16.6. The third-order valence-electron chi connectivity index (χ3n) is 4.92. The molecule has 4 N–H and O–H groups in total. The molecule has 1 atom stereocenters. The molecule has 34 heavy (non-hydrogen) atoms. The van der Waals surface area contributed by atoms with E-state index in [1.165, 1.54) is 11.3 Å². The fraction of sp³-hybridized carbons (Fsp3) is 0.160. The maximum atomic E-state index is 12.7. The van der Waals surface area contributed by atoms with Gasteiger partial charge in [-0.1, -0.05) is 42.5 Å². The van der Waals surface area contributed by atoms with Crippen LogP contribution in [0.2, 0.25) is 0 Å². The molecule has 0 aliphatic rings. The Kier molecular flexibility index (Phi) is 8.26. The molecule has 0 unspecified atom stereocenters. The van der Waals surface area contributed by atoms with Gasteiger partial charge in [-0.2, -0.15) is 0 Å². The highest BCUT2D eigenvalue weighted by Crippen LogP contribution is 2.28. The lowest BCUT2D eigenvalue weighted by Gasteiger charge is -2.12. The van der Waals surface area contributed by atoms with Gasteiger partial charge in [-0.25, -0.2) is 9.97 Å². The van der Waals surface area contributed by atoms with Crippen LogP contribution in [0.15, 0.2) is 79.0 Å². The predicted molar refractivity (Wildman–Crippen MR) is 139 cm³/mol. The number of rotatable bonds is 10. The molecular weight excluding hydrogens is 466 g/mol. The molecule has 0 aliphatic carbocycles. The first kappa shape index (κ1) is 23.9. The van der Waals surface area contributed by atoms with Crippen molar-refractivity contribution < 1.29 is 9.90 Å². The number of anilines is 2. The summed E-state index contributed by atoms with van der Waals surface area (Å²) in [7, 11) is 0. The molecule has 0 saturated heterocycles. The summed E-state index contributed by atoms with van der Waals surface area (Å²) in [6.45, 7) is 1.31. The maximum Gasteiger partial charge on any atom is 0.262 e. The Bertz CT molecular complexity index is 1230. The predicted octanol–water partition coefficient (Wildman–Crippen LogP) is 4.39. The van der Waals surface area contributed by atoms with Crippen molar-refractivity contribution in [2.75, 3.05) is 18.5 Å². The van der Waals surface area contributed by atoms with Gasteiger partial charge in [0, 0.05) is 25.0 Å². The van der Waals surface area contributed by atoms with Crippen molar-refractivity contribution in [3.05, 3.63) is 95.0 Å². The molecule has 0 saturated carbocycles. The molecule has 7 nitrogen and oxygen atoms in total. The normalized spacial score (nSPS) is 11.7. The summed E-state index contributed by atoms with van der Waals surface area (Å²) in [6, 6.07) is 23.0. The van der Waals surface area contributed by atoms with Crippen LogP contribution in [0.1, 0.15) is 26.2 Å². The minimum atomic E-state index is -0.385.